The first-order chi connectivity index (χ1) is 2.27. The van der Waals surface area contributed by atoms with Crippen molar-refractivity contribution in [1.82, 2.24) is 0 Å². The molecule has 0 heterocycles. The third-order valence-corrected chi connectivity index (χ3v) is 0.714. The molecule has 0 aromatic rings. The van der Waals surface area contributed by atoms with Crippen molar-refractivity contribution >= 4 is 23.2 Å². The number of rotatable bonds is 1. The fourth-order valence-corrected chi connectivity index (χ4v) is 0. The Morgan fingerprint density at radius 3 is 2.00 bits per heavy atom. The number of halogens is 2. The molecule has 1 nitrogen and oxygen atoms in total. The summed E-state index contributed by atoms with van der Waals surface area (Å²) in [5.41, 5.74) is -1.13. The summed E-state index contributed by atoms with van der Waals surface area (Å²) < 4.78 is 0. The van der Waals surface area contributed by atoms with Crippen LogP contribution in [0.1, 0.15) is 0 Å². The second-order valence-electron chi connectivity index (χ2n) is 0.564. The molecule has 0 radical (unpaired) electrons. The Bertz CT molecular complexity index is 21.6. The van der Waals surface area contributed by atoms with E-state index in [1.165, 1.54) is 0 Å². The van der Waals surface area contributed by atoms with E-state index in [0.29, 0.717) is 0 Å². The summed E-state index contributed by atoms with van der Waals surface area (Å²) in [7, 11) is 0. The predicted octanol–water partition coefficient (Wildman–Crippen LogP) is 0.150. The quantitative estimate of drug-likeness (QED) is 0.445. The molecule has 0 aliphatic carbocycles. The first-order valence-corrected chi connectivity index (χ1v) is 2.10. The van der Waals surface area contributed by atoms with Gasteiger partial charge in [0.2, 0.25) is 0 Å². The first kappa shape index (κ1) is 5.54. The largest absolute Gasteiger partial charge is 0.839 e. The van der Waals surface area contributed by atoms with Crippen LogP contribution in [0.3, 0.4) is 0 Å². The smallest absolute Gasteiger partial charge is 0.0234 e. The van der Waals surface area contributed by atoms with Gasteiger partial charge in [0, 0.05) is 5.88 Å². The van der Waals surface area contributed by atoms with Gasteiger partial charge in [0.05, 0.1) is 0 Å². The molecule has 0 aliphatic heterocycles. The summed E-state index contributed by atoms with van der Waals surface area (Å²) in [5, 5.41) is 9.53. The normalized spacial score (nSPS) is 15.0. The Morgan fingerprint density at radius 2 is 2.00 bits per heavy atom. The summed E-state index contributed by atoms with van der Waals surface area (Å²) in [6.45, 7) is 0. The maximum Gasteiger partial charge on any atom is 0.0234 e. The summed E-state index contributed by atoms with van der Waals surface area (Å²) in [6.07, 6.45) is 0. The lowest BCUT2D eigenvalue weighted by molar-refractivity contribution is -0.382. The number of hydrogen-bond acceptors (Lipinski definition) is 1. The van der Waals surface area contributed by atoms with E-state index in [9.17, 15) is 5.11 Å². The van der Waals surface area contributed by atoms with Crippen molar-refractivity contribution in [2.75, 3.05) is 5.88 Å². The minimum absolute atomic E-state index is 0.0123. The van der Waals surface area contributed by atoms with Gasteiger partial charge in [-0.25, -0.2) is 0 Å². The maximum atomic E-state index is 9.53. The molecule has 5 heavy (non-hydrogen) atoms. The Kier molecular flexibility index (Phi) is 3.06. The van der Waals surface area contributed by atoms with Crippen molar-refractivity contribution in [1.29, 1.82) is 0 Å². The molecule has 0 fully saturated rings. The van der Waals surface area contributed by atoms with Gasteiger partial charge in [-0.2, -0.15) is 0 Å². The van der Waals surface area contributed by atoms with E-state index in [4.69, 9.17) is 23.2 Å². The van der Waals surface area contributed by atoms with Crippen LogP contribution in [0.4, 0.5) is 0 Å². The molecular weight excluding hydrogens is 111 g/mol. The second-order valence-corrected chi connectivity index (χ2v) is 1.36. The van der Waals surface area contributed by atoms with Gasteiger partial charge in [-0.3, -0.25) is 0 Å². The van der Waals surface area contributed by atoms with Gasteiger partial charge >= 0.3 is 0 Å². The van der Waals surface area contributed by atoms with Crippen LogP contribution in [0.2, 0.25) is 0 Å². The van der Waals surface area contributed by atoms with Crippen molar-refractivity contribution in [2.24, 2.45) is 0 Å². The van der Waals surface area contributed by atoms with Crippen LogP contribution in [0.5, 0.6) is 0 Å². The lowest BCUT2D eigenvalue weighted by Gasteiger charge is -2.04. The van der Waals surface area contributed by atoms with Crippen LogP contribution in [-0.4, -0.2) is 11.4 Å². The molecule has 1 unspecified atom stereocenters. The van der Waals surface area contributed by atoms with E-state index in [0.717, 1.165) is 0 Å². The lowest BCUT2D eigenvalue weighted by atomic mass is 10.9. The molecule has 0 spiro atoms. The average Bonchev–Trinajstić information content (AvgIpc) is 1.38. The molecule has 0 amide bonds. The molecule has 0 aromatic heterocycles. The highest BCUT2D eigenvalue weighted by atomic mass is 35.5. The molecule has 0 saturated heterocycles. The van der Waals surface area contributed by atoms with E-state index >= 15 is 0 Å². The molecule has 32 valence electrons. The molecule has 1 atom stereocenters. The summed E-state index contributed by atoms with van der Waals surface area (Å²) in [5.74, 6) is -0.0123. The topological polar surface area (TPSA) is 23.1 Å². The molecule has 0 saturated carbocycles. The van der Waals surface area contributed by atoms with E-state index in [1.807, 2.05) is 0 Å². The third-order valence-electron chi connectivity index (χ3n) is 0.121. The van der Waals surface area contributed by atoms with Gasteiger partial charge in [0.1, 0.15) is 0 Å². The van der Waals surface area contributed by atoms with Crippen LogP contribution in [-0.2, 0) is 0 Å². The minimum atomic E-state index is -1.13. The van der Waals surface area contributed by atoms with Crippen molar-refractivity contribution < 1.29 is 5.11 Å². The molecular formula is C2H3Cl2O-. The van der Waals surface area contributed by atoms with Crippen molar-refractivity contribution in [3.63, 3.8) is 0 Å². The Labute approximate surface area is 40.5 Å². The molecule has 0 bridgehead atoms. The number of alkyl halides is 2. The zero-order chi connectivity index (χ0) is 4.28. The zero-order valence-electron chi connectivity index (χ0n) is 2.45. The predicted molar refractivity (Wildman–Crippen MR) is 20.4 cm³/mol. The van der Waals surface area contributed by atoms with Gasteiger partial charge in [-0.1, -0.05) is 0 Å². The van der Waals surface area contributed by atoms with Crippen molar-refractivity contribution in [2.45, 2.75) is 5.56 Å². The maximum absolute atomic E-state index is 9.53. The van der Waals surface area contributed by atoms with Crippen LogP contribution in [0.15, 0.2) is 0 Å². The molecule has 0 aliphatic rings. The monoisotopic (exact) mass is 113 g/mol. The Morgan fingerprint density at radius 1 is 1.80 bits per heavy atom. The van der Waals surface area contributed by atoms with E-state index < -0.39 is 5.56 Å². The van der Waals surface area contributed by atoms with Crippen molar-refractivity contribution in [3.05, 3.63) is 0 Å². The second kappa shape index (κ2) is 2.76. The SMILES string of the molecule is [O-]C(Cl)CCl. The fraction of sp³-hybridized carbons (Fsp3) is 1.00. The molecule has 0 rings (SSSR count). The first-order valence-electron chi connectivity index (χ1n) is 1.13. The van der Waals surface area contributed by atoms with Gasteiger partial charge in [0.25, 0.3) is 0 Å². The van der Waals surface area contributed by atoms with Crippen LogP contribution < -0.4 is 5.11 Å². The van der Waals surface area contributed by atoms with E-state index in [1.54, 1.807) is 0 Å². The minimum Gasteiger partial charge on any atom is -0.839 e. The molecule has 3 heteroatoms. The van der Waals surface area contributed by atoms with Crippen molar-refractivity contribution in [3.8, 4) is 0 Å². The molecule has 0 N–H and O–H groups in total. The van der Waals surface area contributed by atoms with E-state index in [-0.39, 0.29) is 5.88 Å². The Hall–Kier alpha value is 0.540. The zero-order valence-corrected chi connectivity index (χ0v) is 3.96. The highest BCUT2D eigenvalue weighted by Gasteiger charge is 1.74. The third kappa shape index (κ3) is 4.54. The lowest BCUT2D eigenvalue weighted by Crippen LogP contribution is -2.18. The van der Waals surface area contributed by atoms with Gasteiger partial charge in [-0.15, -0.1) is 23.2 Å². The molecule has 0 aromatic carbocycles. The Balaban J connectivity index is 2.54. The van der Waals surface area contributed by atoms with Crippen LogP contribution >= 0.6 is 23.2 Å². The average molecular weight is 114 g/mol. The summed E-state index contributed by atoms with van der Waals surface area (Å²) in [4.78, 5) is 0. The highest BCUT2D eigenvalue weighted by molar-refractivity contribution is 6.26. The summed E-state index contributed by atoms with van der Waals surface area (Å²) >= 11 is 9.67. The standard InChI is InChI=1S/C2H3Cl2O/c3-1-2(4)5/h2H,1H2/q-1. The van der Waals surface area contributed by atoms with Gasteiger partial charge < -0.3 is 5.11 Å². The number of hydrogen-bond donors (Lipinski definition) is 0. The van der Waals surface area contributed by atoms with Crippen LogP contribution in [0.25, 0.3) is 0 Å². The van der Waals surface area contributed by atoms with Gasteiger partial charge in [-0.05, 0) is 5.56 Å². The highest BCUT2D eigenvalue weighted by Crippen LogP contribution is 1.84. The van der Waals surface area contributed by atoms with E-state index in [2.05, 4.69) is 0 Å². The summed E-state index contributed by atoms with van der Waals surface area (Å²) in [6, 6.07) is 0. The van der Waals surface area contributed by atoms with Crippen LogP contribution in [0, 0.1) is 0 Å². The fourth-order valence-electron chi connectivity index (χ4n) is 0. The van der Waals surface area contributed by atoms with Gasteiger partial charge in [0.15, 0.2) is 0 Å².